The summed E-state index contributed by atoms with van der Waals surface area (Å²) in [7, 11) is 1.85. The fourth-order valence-electron chi connectivity index (χ4n) is 3.95. The van der Waals surface area contributed by atoms with Gasteiger partial charge in [0.15, 0.2) is 0 Å². The zero-order valence-corrected chi connectivity index (χ0v) is 19.0. The first kappa shape index (κ1) is 21.5. The first-order valence-corrected chi connectivity index (χ1v) is 11.0. The molecule has 2 heterocycles. The number of benzene rings is 2. The third kappa shape index (κ3) is 4.48. The number of nitrogens with zero attached hydrogens (tertiary/aromatic N) is 3. The maximum atomic E-state index is 13.5. The third-order valence-corrected chi connectivity index (χ3v) is 6.29. The Labute approximate surface area is 192 Å². The number of hydrogen-bond acceptors (Lipinski definition) is 3. The number of allylic oxidation sites excluding steroid dienone is 1. The summed E-state index contributed by atoms with van der Waals surface area (Å²) in [5, 5.41) is 8.70. The summed E-state index contributed by atoms with van der Waals surface area (Å²) < 4.78 is 1.82. The highest BCUT2D eigenvalue weighted by atomic mass is 35.5. The van der Waals surface area contributed by atoms with E-state index in [9.17, 15) is 4.79 Å². The molecule has 1 aliphatic heterocycles. The number of carbonyl (C=O) groups excluding carboxylic acids is 1. The monoisotopic (exact) mass is 454 g/mol. The molecule has 0 bridgehead atoms. The Morgan fingerprint density at radius 3 is 2.65 bits per heavy atom. The lowest BCUT2D eigenvalue weighted by Gasteiger charge is -2.32. The van der Waals surface area contributed by atoms with Crippen LogP contribution in [-0.2, 0) is 11.2 Å². The van der Waals surface area contributed by atoms with Crippen LogP contribution in [0.25, 0.3) is 0 Å². The fourth-order valence-corrected chi connectivity index (χ4v) is 4.25. The Morgan fingerprint density at radius 2 is 1.90 bits per heavy atom. The van der Waals surface area contributed by atoms with Crippen molar-refractivity contribution in [1.29, 1.82) is 0 Å². The molecule has 3 aromatic rings. The molecule has 5 nitrogen and oxygen atoms in total. The maximum Gasteiger partial charge on any atom is 0.253 e. The van der Waals surface area contributed by atoms with Crippen molar-refractivity contribution in [3.8, 4) is 0 Å². The number of anilines is 1. The number of hydrogen-bond donors (Lipinski definition) is 1. The Balaban J connectivity index is 1.59. The first-order valence-electron chi connectivity index (χ1n) is 10.2. The Kier molecular flexibility index (Phi) is 6.35. The number of amides is 1. The molecule has 1 N–H and O–H groups in total. The van der Waals surface area contributed by atoms with Gasteiger partial charge in [-0.3, -0.25) is 4.79 Å². The van der Waals surface area contributed by atoms with Gasteiger partial charge in [0.05, 0.1) is 21.8 Å². The van der Waals surface area contributed by atoms with Gasteiger partial charge in [0.1, 0.15) is 11.9 Å². The van der Waals surface area contributed by atoms with Crippen molar-refractivity contribution in [2.75, 3.05) is 18.9 Å². The molecular weight excluding hydrogens is 431 g/mol. The van der Waals surface area contributed by atoms with Crippen LogP contribution in [0.5, 0.6) is 0 Å². The summed E-state index contributed by atoms with van der Waals surface area (Å²) in [5.74, 6) is 0.798. The van der Waals surface area contributed by atoms with Crippen molar-refractivity contribution in [2.45, 2.75) is 25.8 Å². The minimum absolute atomic E-state index is 0.0321. The SMILES string of the molecule is CC1=C(C(=O)N(C)CCCc2ccccc2)C(c2ccc(Cl)c(Cl)c2)n2nccc2N1. The van der Waals surface area contributed by atoms with E-state index in [0.717, 1.165) is 29.9 Å². The molecule has 0 saturated heterocycles. The Morgan fingerprint density at radius 1 is 1.13 bits per heavy atom. The van der Waals surface area contributed by atoms with Gasteiger partial charge in [-0.1, -0.05) is 59.6 Å². The normalized spacial score (nSPS) is 15.4. The molecule has 160 valence electrons. The molecule has 0 aliphatic carbocycles. The van der Waals surface area contributed by atoms with E-state index >= 15 is 0 Å². The van der Waals surface area contributed by atoms with E-state index in [0.29, 0.717) is 22.2 Å². The minimum Gasteiger partial charge on any atom is -0.344 e. The molecule has 7 heteroatoms. The summed E-state index contributed by atoms with van der Waals surface area (Å²) in [6.07, 6.45) is 3.53. The maximum absolute atomic E-state index is 13.5. The number of aromatic nitrogens is 2. The van der Waals surface area contributed by atoms with Gasteiger partial charge in [0, 0.05) is 25.4 Å². The van der Waals surface area contributed by atoms with Gasteiger partial charge in [0.2, 0.25) is 0 Å². The first-order chi connectivity index (χ1) is 15.0. The molecule has 0 radical (unpaired) electrons. The predicted molar refractivity (Wildman–Crippen MR) is 126 cm³/mol. The molecule has 0 saturated carbocycles. The van der Waals surface area contributed by atoms with Crippen LogP contribution in [-0.4, -0.2) is 34.2 Å². The van der Waals surface area contributed by atoms with E-state index in [1.807, 2.05) is 49.0 Å². The van der Waals surface area contributed by atoms with Crippen molar-refractivity contribution >= 4 is 34.9 Å². The van der Waals surface area contributed by atoms with E-state index in [-0.39, 0.29) is 11.9 Å². The lowest BCUT2D eigenvalue weighted by atomic mass is 9.94. The van der Waals surface area contributed by atoms with Crippen molar-refractivity contribution in [3.05, 3.63) is 93.2 Å². The minimum atomic E-state index is -0.384. The van der Waals surface area contributed by atoms with E-state index < -0.39 is 0 Å². The number of nitrogens with one attached hydrogen (secondary N) is 1. The van der Waals surface area contributed by atoms with Crippen LogP contribution in [0.15, 0.2) is 72.1 Å². The molecule has 1 unspecified atom stereocenters. The highest BCUT2D eigenvalue weighted by Gasteiger charge is 2.34. The molecule has 1 aliphatic rings. The van der Waals surface area contributed by atoms with Crippen molar-refractivity contribution in [1.82, 2.24) is 14.7 Å². The van der Waals surface area contributed by atoms with E-state index in [4.69, 9.17) is 23.2 Å². The predicted octanol–water partition coefficient (Wildman–Crippen LogP) is 5.57. The number of likely N-dealkylation sites (N-methyl/N-ethyl adjacent to an activating group) is 1. The van der Waals surface area contributed by atoms with Crippen LogP contribution < -0.4 is 5.32 Å². The standard InChI is InChI=1S/C24H24Cl2N4O/c1-16-22(24(31)29(2)14-6-9-17-7-4-3-5-8-17)23(30-21(28-16)12-13-27-30)18-10-11-19(25)20(26)15-18/h3-5,7-8,10-13,15,23,28H,6,9,14H2,1-2H3. The molecule has 31 heavy (non-hydrogen) atoms. The van der Waals surface area contributed by atoms with Gasteiger partial charge >= 0.3 is 0 Å². The molecule has 0 fully saturated rings. The largest absolute Gasteiger partial charge is 0.344 e. The topological polar surface area (TPSA) is 50.2 Å². The second-order valence-electron chi connectivity index (χ2n) is 7.72. The van der Waals surface area contributed by atoms with Crippen molar-refractivity contribution in [3.63, 3.8) is 0 Å². The zero-order chi connectivity index (χ0) is 22.0. The average molecular weight is 455 g/mol. The molecule has 2 aromatic carbocycles. The van der Waals surface area contributed by atoms with Crippen LogP contribution in [0, 0.1) is 0 Å². The third-order valence-electron chi connectivity index (χ3n) is 5.55. The van der Waals surface area contributed by atoms with Gasteiger partial charge in [-0.2, -0.15) is 5.10 Å². The van der Waals surface area contributed by atoms with Gasteiger partial charge < -0.3 is 10.2 Å². The van der Waals surface area contributed by atoms with Crippen LogP contribution in [0.3, 0.4) is 0 Å². The van der Waals surface area contributed by atoms with Crippen LogP contribution in [0.4, 0.5) is 5.82 Å². The highest BCUT2D eigenvalue weighted by Crippen LogP contribution is 2.38. The summed E-state index contributed by atoms with van der Waals surface area (Å²) in [4.78, 5) is 15.3. The lowest BCUT2D eigenvalue weighted by molar-refractivity contribution is -0.126. The zero-order valence-electron chi connectivity index (χ0n) is 17.5. The second kappa shape index (κ2) is 9.16. The van der Waals surface area contributed by atoms with Crippen molar-refractivity contribution < 1.29 is 4.79 Å². The molecule has 4 rings (SSSR count). The summed E-state index contributed by atoms with van der Waals surface area (Å²) in [5.41, 5.74) is 3.59. The Hall–Kier alpha value is -2.76. The number of fused-ring (bicyclic) bond motifs is 1. The van der Waals surface area contributed by atoms with Crippen LogP contribution in [0.2, 0.25) is 10.0 Å². The van der Waals surface area contributed by atoms with E-state index in [1.165, 1.54) is 5.56 Å². The molecule has 0 spiro atoms. The fraction of sp³-hybridized carbons (Fsp3) is 0.250. The van der Waals surface area contributed by atoms with E-state index in [1.54, 1.807) is 23.2 Å². The second-order valence-corrected chi connectivity index (χ2v) is 8.53. The summed E-state index contributed by atoms with van der Waals surface area (Å²) in [6.45, 7) is 2.58. The van der Waals surface area contributed by atoms with Gasteiger partial charge in [-0.15, -0.1) is 0 Å². The smallest absolute Gasteiger partial charge is 0.253 e. The highest BCUT2D eigenvalue weighted by molar-refractivity contribution is 6.42. The van der Waals surface area contributed by atoms with Crippen LogP contribution >= 0.6 is 23.2 Å². The molecular formula is C24H24Cl2N4O. The number of halogens is 2. The average Bonchev–Trinajstić information content (AvgIpc) is 3.23. The Bertz CT molecular complexity index is 1120. The molecule has 1 aromatic heterocycles. The number of carbonyl (C=O) groups is 1. The van der Waals surface area contributed by atoms with Gasteiger partial charge in [-0.05, 0) is 43.0 Å². The van der Waals surface area contributed by atoms with Gasteiger partial charge in [-0.25, -0.2) is 4.68 Å². The molecule has 1 atom stereocenters. The van der Waals surface area contributed by atoms with Gasteiger partial charge in [0.25, 0.3) is 5.91 Å². The quantitative estimate of drug-likeness (QED) is 0.529. The van der Waals surface area contributed by atoms with Crippen molar-refractivity contribution in [2.24, 2.45) is 0 Å². The number of aryl methyl sites for hydroxylation is 1. The molecule has 1 amide bonds. The summed E-state index contributed by atoms with van der Waals surface area (Å²) >= 11 is 12.4. The number of rotatable bonds is 6. The summed E-state index contributed by atoms with van der Waals surface area (Å²) in [6, 6.07) is 17.3. The van der Waals surface area contributed by atoms with Crippen LogP contribution in [0.1, 0.15) is 30.5 Å². The van der Waals surface area contributed by atoms with E-state index in [2.05, 4.69) is 22.5 Å². The lowest BCUT2D eigenvalue weighted by Crippen LogP contribution is -2.36.